The molecule has 8 nitrogen and oxygen atoms in total. The van der Waals surface area contributed by atoms with E-state index >= 15 is 0 Å². The van der Waals surface area contributed by atoms with Crippen molar-refractivity contribution in [1.82, 2.24) is 0 Å². The number of ether oxygens (including phenoxy) is 3. The molecule has 1 aliphatic carbocycles. The van der Waals surface area contributed by atoms with Crippen LogP contribution in [-0.4, -0.2) is 69.0 Å². The average Bonchev–Trinajstić information content (AvgIpc) is 3.14. The Morgan fingerprint density at radius 2 is 1.91 bits per heavy atom. The van der Waals surface area contributed by atoms with Crippen molar-refractivity contribution < 1.29 is 39.1 Å². The molecule has 0 spiro atoms. The van der Waals surface area contributed by atoms with Crippen LogP contribution in [0.2, 0.25) is 0 Å². The summed E-state index contributed by atoms with van der Waals surface area (Å²) in [6.45, 7) is 14.9. The second-order valence-corrected chi connectivity index (χ2v) is 11.2. The number of hydrogen-bond donors (Lipinski definition) is 3. The summed E-state index contributed by atoms with van der Waals surface area (Å²) < 4.78 is 18.2. The molecular formula is C26H42O8. The summed E-state index contributed by atoms with van der Waals surface area (Å²) in [4.78, 5) is 24.5. The monoisotopic (exact) mass is 482 g/mol. The highest BCUT2D eigenvalue weighted by Crippen LogP contribution is 2.56. The van der Waals surface area contributed by atoms with E-state index in [1.807, 2.05) is 13.8 Å². The molecule has 3 N–H and O–H groups in total. The van der Waals surface area contributed by atoms with Gasteiger partial charge in [0.15, 0.2) is 0 Å². The molecule has 34 heavy (non-hydrogen) atoms. The van der Waals surface area contributed by atoms with Gasteiger partial charge in [0.05, 0.1) is 12.2 Å². The van der Waals surface area contributed by atoms with Gasteiger partial charge in [0.2, 0.25) is 0 Å². The van der Waals surface area contributed by atoms with E-state index in [0.29, 0.717) is 18.4 Å². The minimum Gasteiger partial charge on any atom is -0.458 e. The van der Waals surface area contributed by atoms with Crippen LogP contribution in [0.25, 0.3) is 0 Å². The molecule has 10 atom stereocenters. The second-order valence-electron chi connectivity index (χ2n) is 11.2. The van der Waals surface area contributed by atoms with E-state index in [9.17, 15) is 24.9 Å². The molecule has 3 fully saturated rings. The van der Waals surface area contributed by atoms with Crippen LogP contribution in [-0.2, 0) is 23.8 Å². The summed E-state index contributed by atoms with van der Waals surface area (Å²) in [5.74, 6) is -1.17. The Morgan fingerprint density at radius 3 is 2.47 bits per heavy atom. The molecule has 194 valence electrons. The summed E-state index contributed by atoms with van der Waals surface area (Å²) in [5, 5.41) is 33.3. The highest BCUT2D eigenvalue weighted by molar-refractivity contribution is 5.70. The summed E-state index contributed by atoms with van der Waals surface area (Å²) in [7, 11) is 0. The molecule has 2 saturated heterocycles. The van der Waals surface area contributed by atoms with Gasteiger partial charge < -0.3 is 29.5 Å². The van der Waals surface area contributed by atoms with Gasteiger partial charge in [-0.05, 0) is 56.9 Å². The Morgan fingerprint density at radius 1 is 1.26 bits per heavy atom. The zero-order valence-electron chi connectivity index (χ0n) is 21.3. The maximum absolute atomic E-state index is 12.6. The van der Waals surface area contributed by atoms with Crippen LogP contribution in [0, 0.1) is 23.7 Å². The van der Waals surface area contributed by atoms with Gasteiger partial charge >= 0.3 is 11.9 Å². The van der Waals surface area contributed by atoms with E-state index in [2.05, 4.69) is 20.4 Å². The lowest BCUT2D eigenvalue weighted by Gasteiger charge is -2.48. The number of carbonyl (C=O) groups is 2. The topological polar surface area (TPSA) is 123 Å². The minimum absolute atomic E-state index is 0.0283. The van der Waals surface area contributed by atoms with Crippen molar-refractivity contribution in [2.45, 2.75) is 115 Å². The summed E-state index contributed by atoms with van der Waals surface area (Å²) in [5.41, 5.74) is -2.31. The molecule has 2 aliphatic heterocycles. The third-order valence-electron chi connectivity index (χ3n) is 8.31. The molecular weight excluding hydrogens is 440 g/mol. The van der Waals surface area contributed by atoms with Gasteiger partial charge in [0.1, 0.15) is 29.5 Å². The van der Waals surface area contributed by atoms with E-state index in [4.69, 9.17) is 14.2 Å². The summed E-state index contributed by atoms with van der Waals surface area (Å²) >= 11 is 0. The molecule has 0 radical (unpaired) electrons. The normalized spacial score (nSPS) is 44.6. The average molecular weight is 483 g/mol. The summed E-state index contributed by atoms with van der Waals surface area (Å²) in [6, 6.07) is 0. The van der Waals surface area contributed by atoms with Crippen molar-refractivity contribution in [1.29, 1.82) is 0 Å². The van der Waals surface area contributed by atoms with Crippen molar-refractivity contribution in [3.8, 4) is 0 Å². The third-order valence-corrected chi connectivity index (χ3v) is 8.31. The molecule has 2 heterocycles. The first-order valence-electron chi connectivity index (χ1n) is 12.6. The maximum Gasteiger partial charge on any atom is 0.306 e. The number of aliphatic hydroxyl groups excluding tert-OH is 2. The molecule has 3 rings (SSSR count). The number of aliphatic hydroxyl groups is 3. The predicted octanol–water partition coefficient (Wildman–Crippen LogP) is 2.52. The van der Waals surface area contributed by atoms with Gasteiger partial charge in [-0.15, -0.1) is 0 Å². The van der Waals surface area contributed by atoms with Crippen molar-refractivity contribution in [2.75, 3.05) is 0 Å². The number of carbonyl (C=O) groups excluding carboxylic acids is 2. The Balaban J connectivity index is 2.13. The van der Waals surface area contributed by atoms with Crippen LogP contribution >= 0.6 is 0 Å². The smallest absolute Gasteiger partial charge is 0.306 e. The molecule has 3 aliphatic rings. The predicted molar refractivity (Wildman–Crippen MR) is 125 cm³/mol. The second kappa shape index (κ2) is 9.88. The third kappa shape index (κ3) is 4.79. The highest BCUT2D eigenvalue weighted by atomic mass is 16.6. The first kappa shape index (κ1) is 27.1. The van der Waals surface area contributed by atoms with Gasteiger partial charge in [-0.1, -0.05) is 27.4 Å². The Bertz CT molecular complexity index is 792. The number of hydrogen-bond acceptors (Lipinski definition) is 8. The lowest BCUT2D eigenvalue weighted by molar-refractivity contribution is -0.191. The van der Waals surface area contributed by atoms with Crippen molar-refractivity contribution in [2.24, 2.45) is 23.7 Å². The first-order chi connectivity index (χ1) is 15.7. The quantitative estimate of drug-likeness (QED) is 0.404. The zero-order chi connectivity index (χ0) is 25.6. The molecule has 2 bridgehead atoms. The van der Waals surface area contributed by atoms with Crippen LogP contribution in [0.4, 0.5) is 0 Å². The zero-order valence-corrected chi connectivity index (χ0v) is 21.3. The molecule has 8 heteroatoms. The molecule has 0 aromatic heterocycles. The van der Waals surface area contributed by atoms with E-state index in [0.717, 1.165) is 0 Å². The van der Waals surface area contributed by atoms with Crippen LogP contribution in [0.3, 0.4) is 0 Å². The summed E-state index contributed by atoms with van der Waals surface area (Å²) in [6.07, 6.45) is -2.86. The van der Waals surface area contributed by atoms with Crippen molar-refractivity contribution in [3.05, 3.63) is 12.2 Å². The Kier molecular flexibility index (Phi) is 7.88. The van der Waals surface area contributed by atoms with E-state index < -0.39 is 53.6 Å². The van der Waals surface area contributed by atoms with Crippen LogP contribution in [0.1, 0.15) is 73.6 Å². The molecule has 0 unspecified atom stereocenters. The van der Waals surface area contributed by atoms with Crippen LogP contribution in [0.5, 0.6) is 0 Å². The lowest BCUT2D eigenvalue weighted by atomic mass is 9.59. The number of rotatable bonds is 5. The minimum atomic E-state index is -1.86. The number of esters is 2. The largest absolute Gasteiger partial charge is 0.458 e. The van der Waals surface area contributed by atoms with Crippen molar-refractivity contribution >= 4 is 11.9 Å². The number of fused-ring (bicyclic) bond motifs is 5. The van der Waals surface area contributed by atoms with E-state index in [1.165, 1.54) is 13.8 Å². The molecule has 1 saturated carbocycles. The first-order valence-corrected chi connectivity index (χ1v) is 12.6. The van der Waals surface area contributed by atoms with E-state index in [1.54, 1.807) is 0 Å². The van der Waals surface area contributed by atoms with E-state index in [-0.39, 0.29) is 43.0 Å². The highest BCUT2D eigenvalue weighted by Gasteiger charge is 2.64. The van der Waals surface area contributed by atoms with Crippen LogP contribution < -0.4 is 0 Å². The molecule has 0 aromatic rings. The van der Waals surface area contributed by atoms with Gasteiger partial charge in [-0.25, -0.2) is 0 Å². The van der Waals surface area contributed by atoms with Gasteiger partial charge in [0.25, 0.3) is 0 Å². The fourth-order valence-corrected chi connectivity index (χ4v) is 6.35. The lowest BCUT2D eigenvalue weighted by Crippen LogP contribution is -2.58. The van der Waals surface area contributed by atoms with Gasteiger partial charge in [-0.2, -0.15) is 0 Å². The Labute approximate surface area is 202 Å². The van der Waals surface area contributed by atoms with Crippen LogP contribution in [0.15, 0.2) is 12.2 Å². The molecule has 0 amide bonds. The van der Waals surface area contributed by atoms with Crippen molar-refractivity contribution in [3.63, 3.8) is 0 Å². The maximum atomic E-state index is 12.6. The SMILES string of the molecule is C=C1[C@@H]2[C@@H]3O[C@H]([C@@H]2[C@@H](C(C)C)C[C@@H]1OC(C)=O)[C@](C)(OC(=O)CCC)CC[C@H](O)[C@@](C)(O)[C@H]3O. The Hall–Kier alpha value is -1.48. The van der Waals surface area contributed by atoms with Gasteiger partial charge in [-0.3, -0.25) is 9.59 Å². The fraction of sp³-hybridized carbons (Fsp3) is 0.846. The van der Waals surface area contributed by atoms with Gasteiger partial charge in [0, 0.05) is 25.2 Å². The standard InChI is InChI=1S/C26H42O8/c1-8-9-19(29)34-25(6)11-10-18(28)26(7,31)23(30)22-20-14(4)17(32-15(5)27)12-16(13(2)3)21(20)24(25)33-22/h13,16-18,20-24,28,30-31H,4,8-12H2,1-3,5-7H3/t16-,17+,18+,20+,21-,22+,23+,24-,25-,26-/m1/s1. The fourth-order valence-electron chi connectivity index (χ4n) is 6.35. The molecule has 0 aromatic carbocycles.